The number of nitrogens with zero attached hydrogens (tertiary/aromatic N) is 5. The fourth-order valence-corrected chi connectivity index (χ4v) is 2.26. The molecule has 2 aromatic heterocycles. The van der Waals surface area contributed by atoms with Crippen LogP contribution in [0.5, 0.6) is 0 Å². The Bertz CT molecular complexity index is 553. The zero-order valence-electron chi connectivity index (χ0n) is 10.3. The van der Waals surface area contributed by atoms with Gasteiger partial charge in [-0.25, -0.2) is 4.98 Å². The van der Waals surface area contributed by atoms with Gasteiger partial charge in [0.15, 0.2) is 5.82 Å². The van der Waals surface area contributed by atoms with Crippen molar-refractivity contribution in [3.05, 3.63) is 18.2 Å². The minimum absolute atomic E-state index is 0.148. The van der Waals surface area contributed by atoms with Crippen LogP contribution < -0.4 is 10.6 Å². The zero-order valence-corrected chi connectivity index (χ0v) is 10.3. The number of fused-ring (bicyclic) bond motifs is 1. The average Bonchev–Trinajstić information content (AvgIpc) is 2.81. The molecule has 1 saturated heterocycles. The molecule has 0 aromatic carbocycles. The molecular formula is C11H16N6O. The van der Waals surface area contributed by atoms with Crippen molar-refractivity contribution in [2.75, 3.05) is 31.2 Å². The number of hydrogen-bond acceptors (Lipinski definition) is 6. The molecule has 1 atom stereocenters. The molecule has 2 aromatic rings. The van der Waals surface area contributed by atoms with Gasteiger partial charge in [0.2, 0.25) is 5.65 Å². The summed E-state index contributed by atoms with van der Waals surface area (Å²) >= 11 is 0. The second-order valence-corrected chi connectivity index (χ2v) is 4.35. The molecule has 1 unspecified atom stereocenters. The van der Waals surface area contributed by atoms with Crippen LogP contribution in [0.25, 0.3) is 5.65 Å². The first kappa shape index (κ1) is 11.4. The van der Waals surface area contributed by atoms with Crippen LogP contribution in [0, 0.1) is 6.92 Å². The first-order valence-corrected chi connectivity index (χ1v) is 6.02. The molecule has 0 aliphatic carbocycles. The molecule has 1 fully saturated rings. The molecule has 1 aliphatic rings. The lowest BCUT2D eigenvalue weighted by atomic mass is 10.2. The van der Waals surface area contributed by atoms with Gasteiger partial charge in [-0.2, -0.15) is 0 Å². The molecule has 0 amide bonds. The quantitative estimate of drug-likeness (QED) is 0.778. The summed E-state index contributed by atoms with van der Waals surface area (Å²) in [6, 6.07) is 0.148. The molecular weight excluding hydrogens is 232 g/mol. The summed E-state index contributed by atoms with van der Waals surface area (Å²) in [6.45, 7) is 4.55. The predicted molar refractivity (Wildman–Crippen MR) is 66.5 cm³/mol. The Morgan fingerprint density at radius 3 is 3.22 bits per heavy atom. The maximum atomic E-state index is 5.79. The Kier molecular flexibility index (Phi) is 2.85. The van der Waals surface area contributed by atoms with Crippen LogP contribution in [0.15, 0.2) is 12.4 Å². The van der Waals surface area contributed by atoms with Gasteiger partial charge < -0.3 is 15.4 Å². The van der Waals surface area contributed by atoms with Gasteiger partial charge >= 0.3 is 0 Å². The van der Waals surface area contributed by atoms with E-state index in [1.165, 1.54) is 0 Å². The van der Waals surface area contributed by atoms with Gasteiger partial charge in [0.05, 0.1) is 19.3 Å². The summed E-state index contributed by atoms with van der Waals surface area (Å²) in [7, 11) is 0. The molecule has 0 radical (unpaired) electrons. The van der Waals surface area contributed by atoms with E-state index < -0.39 is 0 Å². The third kappa shape index (κ3) is 1.72. The summed E-state index contributed by atoms with van der Waals surface area (Å²) in [5.41, 5.74) is 6.56. The van der Waals surface area contributed by atoms with Gasteiger partial charge in [-0.3, -0.25) is 4.40 Å². The summed E-state index contributed by atoms with van der Waals surface area (Å²) in [5, 5.41) is 8.28. The topological polar surface area (TPSA) is 81.6 Å². The van der Waals surface area contributed by atoms with Crippen LogP contribution in [0.2, 0.25) is 0 Å². The summed E-state index contributed by atoms with van der Waals surface area (Å²) in [4.78, 5) is 6.59. The number of rotatable bonds is 2. The van der Waals surface area contributed by atoms with E-state index in [2.05, 4.69) is 20.1 Å². The van der Waals surface area contributed by atoms with Crippen molar-refractivity contribution >= 4 is 11.5 Å². The molecule has 96 valence electrons. The van der Waals surface area contributed by atoms with Crippen molar-refractivity contribution < 1.29 is 4.74 Å². The normalized spacial score (nSPS) is 20.6. The maximum absolute atomic E-state index is 5.79. The first-order chi connectivity index (χ1) is 8.81. The molecule has 3 heterocycles. The Labute approximate surface area is 105 Å². The second-order valence-electron chi connectivity index (χ2n) is 4.35. The van der Waals surface area contributed by atoms with E-state index in [4.69, 9.17) is 10.5 Å². The fraction of sp³-hybridized carbons (Fsp3) is 0.545. The van der Waals surface area contributed by atoms with Crippen molar-refractivity contribution in [1.82, 2.24) is 19.6 Å². The van der Waals surface area contributed by atoms with Gasteiger partial charge in [0, 0.05) is 25.5 Å². The molecule has 18 heavy (non-hydrogen) atoms. The van der Waals surface area contributed by atoms with Crippen molar-refractivity contribution in [2.24, 2.45) is 5.73 Å². The van der Waals surface area contributed by atoms with Crippen LogP contribution in [0.3, 0.4) is 0 Å². The molecule has 7 nitrogen and oxygen atoms in total. The van der Waals surface area contributed by atoms with E-state index in [-0.39, 0.29) is 6.04 Å². The molecule has 0 saturated carbocycles. The van der Waals surface area contributed by atoms with Crippen LogP contribution in [-0.4, -0.2) is 51.9 Å². The Hall–Kier alpha value is -1.73. The van der Waals surface area contributed by atoms with Crippen molar-refractivity contribution in [3.63, 3.8) is 0 Å². The number of aromatic nitrogens is 4. The van der Waals surface area contributed by atoms with E-state index in [1.54, 1.807) is 6.20 Å². The second kappa shape index (κ2) is 4.51. The van der Waals surface area contributed by atoms with Crippen LogP contribution in [-0.2, 0) is 4.74 Å². The number of aryl methyl sites for hydroxylation is 1. The van der Waals surface area contributed by atoms with E-state index >= 15 is 0 Å². The van der Waals surface area contributed by atoms with Crippen LogP contribution in [0.4, 0.5) is 5.82 Å². The highest BCUT2D eigenvalue weighted by atomic mass is 16.5. The van der Waals surface area contributed by atoms with E-state index in [0.29, 0.717) is 19.8 Å². The number of nitrogens with two attached hydrogens (primary N) is 1. The number of morpholine rings is 1. The molecule has 0 bridgehead atoms. The number of ether oxygens (including phenoxy) is 1. The molecule has 0 spiro atoms. The SMILES string of the molecule is Cc1nnc2c(N3CCOCC3CN)nccn12. The zero-order chi connectivity index (χ0) is 12.5. The molecule has 7 heteroatoms. The fourth-order valence-electron chi connectivity index (χ4n) is 2.26. The average molecular weight is 248 g/mol. The summed E-state index contributed by atoms with van der Waals surface area (Å²) < 4.78 is 7.39. The van der Waals surface area contributed by atoms with Crippen molar-refractivity contribution in [1.29, 1.82) is 0 Å². The van der Waals surface area contributed by atoms with Gasteiger partial charge in [0.25, 0.3) is 0 Å². The monoisotopic (exact) mass is 248 g/mol. The van der Waals surface area contributed by atoms with Gasteiger partial charge in [-0.05, 0) is 6.92 Å². The molecule has 1 aliphatic heterocycles. The minimum atomic E-state index is 0.148. The predicted octanol–water partition coefficient (Wildman–Crippen LogP) is -0.403. The van der Waals surface area contributed by atoms with Crippen molar-refractivity contribution in [2.45, 2.75) is 13.0 Å². The summed E-state index contributed by atoms with van der Waals surface area (Å²) in [5.74, 6) is 1.68. The lowest BCUT2D eigenvalue weighted by Crippen LogP contribution is -2.50. The smallest absolute Gasteiger partial charge is 0.203 e. The lowest BCUT2D eigenvalue weighted by Gasteiger charge is -2.35. The van der Waals surface area contributed by atoms with E-state index in [9.17, 15) is 0 Å². The van der Waals surface area contributed by atoms with Gasteiger partial charge in [-0.1, -0.05) is 0 Å². The van der Waals surface area contributed by atoms with Gasteiger partial charge in [0.1, 0.15) is 5.82 Å². The van der Waals surface area contributed by atoms with E-state index in [0.717, 1.165) is 23.8 Å². The van der Waals surface area contributed by atoms with E-state index in [1.807, 2.05) is 17.5 Å². The highest BCUT2D eigenvalue weighted by Gasteiger charge is 2.25. The lowest BCUT2D eigenvalue weighted by molar-refractivity contribution is 0.0959. The third-order valence-electron chi connectivity index (χ3n) is 3.25. The Morgan fingerprint density at radius 1 is 1.50 bits per heavy atom. The Balaban J connectivity index is 2.07. The van der Waals surface area contributed by atoms with Gasteiger partial charge in [-0.15, -0.1) is 10.2 Å². The minimum Gasteiger partial charge on any atom is -0.377 e. The van der Waals surface area contributed by atoms with Crippen LogP contribution >= 0.6 is 0 Å². The largest absolute Gasteiger partial charge is 0.377 e. The highest BCUT2D eigenvalue weighted by Crippen LogP contribution is 2.21. The van der Waals surface area contributed by atoms with Crippen molar-refractivity contribution in [3.8, 4) is 0 Å². The standard InChI is InChI=1S/C11H16N6O/c1-8-14-15-11-10(13-2-3-16(8)11)17-4-5-18-7-9(17)6-12/h2-3,9H,4-7,12H2,1H3. The number of anilines is 1. The molecule has 3 rings (SSSR count). The Morgan fingerprint density at radius 2 is 2.39 bits per heavy atom. The van der Waals surface area contributed by atoms with Crippen LogP contribution in [0.1, 0.15) is 5.82 Å². The first-order valence-electron chi connectivity index (χ1n) is 6.02. The third-order valence-corrected chi connectivity index (χ3v) is 3.25. The highest BCUT2D eigenvalue weighted by molar-refractivity contribution is 5.64. The maximum Gasteiger partial charge on any atom is 0.203 e. The molecule has 2 N–H and O–H groups in total. The number of hydrogen-bond donors (Lipinski definition) is 1. The summed E-state index contributed by atoms with van der Waals surface area (Å²) in [6.07, 6.45) is 3.63.